The molecule has 1 aromatic carbocycles. The van der Waals surface area contributed by atoms with E-state index < -0.39 is 0 Å². The van der Waals surface area contributed by atoms with Gasteiger partial charge in [0.2, 0.25) is 0 Å². The zero-order valence-electron chi connectivity index (χ0n) is 11.3. The molecular formula is C16H24O2. The zero-order valence-corrected chi connectivity index (χ0v) is 11.3. The predicted molar refractivity (Wildman–Crippen MR) is 75.9 cm³/mol. The fourth-order valence-electron chi connectivity index (χ4n) is 1.54. The van der Waals surface area contributed by atoms with Crippen LogP contribution in [0.15, 0.2) is 30.3 Å². The van der Waals surface area contributed by atoms with Crippen LogP contribution in [0.1, 0.15) is 62.2 Å². The standard InChI is InChI=1S/C9H18O.C7H6O/c1-2-3-4-5-6-7-8-9-10;8-6-7-4-2-1-3-5-7/h9H,2-8H2,1H3;1-6H. The number of hydrogen-bond donors (Lipinski definition) is 0. The van der Waals surface area contributed by atoms with Crippen LogP contribution >= 0.6 is 0 Å². The SMILES string of the molecule is CCCCCCCCC=O.O=Cc1ccccc1. The summed E-state index contributed by atoms with van der Waals surface area (Å²) in [6.45, 7) is 2.21. The lowest BCUT2D eigenvalue weighted by molar-refractivity contribution is -0.107. The van der Waals surface area contributed by atoms with Gasteiger partial charge in [-0.05, 0) is 6.42 Å². The Morgan fingerprint density at radius 1 is 0.889 bits per heavy atom. The van der Waals surface area contributed by atoms with Gasteiger partial charge in [-0.2, -0.15) is 0 Å². The van der Waals surface area contributed by atoms with Crippen LogP contribution in [0.4, 0.5) is 0 Å². The van der Waals surface area contributed by atoms with Crippen LogP contribution in [0.5, 0.6) is 0 Å². The van der Waals surface area contributed by atoms with Crippen molar-refractivity contribution in [2.75, 3.05) is 0 Å². The fraction of sp³-hybridized carbons (Fsp3) is 0.500. The molecule has 0 saturated heterocycles. The van der Waals surface area contributed by atoms with E-state index in [0.29, 0.717) is 0 Å². The van der Waals surface area contributed by atoms with Crippen molar-refractivity contribution in [3.8, 4) is 0 Å². The minimum Gasteiger partial charge on any atom is -0.303 e. The van der Waals surface area contributed by atoms with E-state index in [1.54, 1.807) is 12.1 Å². The average molecular weight is 248 g/mol. The topological polar surface area (TPSA) is 34.1 Å². The first kappa shape index (κ1) is 16.6. The molecule has 0 aliphatic heterocycles. The number of rotatable bonds is 8. The highest BCUT2D eigenvalue weighted by atomic mass is 16.1. The number of benzene rings is 1. The molecule has 0 spiro atoms. The summed E-state index contributed by atoms with van der Waals surface area (Å²) >= 11 is 0. The Morgan fingerprint density at radius 2 is 1.50 bits per heavy atom. The van der Waals surface area contributed by atoms with Crippen molar-refractivity contribution in [2.24, 2.45) is 0 Å². The molecule has 0 saturated carbocycles. The number of hydrogen-bond acceptors (Lipinski definition) is 2. The van der Waals surface area contributed by atoms with Crippen LogP contribution in [0.3, 0.4) is 0 Å². The second kappa shape index (κ2) is 13.6. The summed E-state index contributed by atoms with van der Waals surface area (Å²) in [6, 6.07) is 9.10. The molecule has 0 bridgehead atoms. The summed E-state index contributed by atoms with van der Waals surface area (Å²) in [4.78, 5) is 19.9. The van der Waals surface area contributed by atoms with Gasteiger partial charge >= 0.3 is 0 Å². The summed E-state index contributed by atoms with van der Waals surface area (Å²) < 4.78 is 0. The molecule has 18 heavy (non-hydrogen) atoms. The normalized spacial score (nSPS) is 9.17. The van der Waals surface area contributed by atoms with Gasteiger partial charge in [0.05, 0.1) is 0 Å². The average Bonchev–Trinajstić information content (AvgIpc) is 2.44. The maximum Gasteiger partial charge on any atom is 0.150 e. The molecule has 1 aromatic rings. The number of carbonyl (C=O) groups is 2. The number of unbranched alkanes of at least 4 members (excludes halogenated alkanes) is 6. The molecule has 0 amide bonds. The lowest BCUT2D eigenvalue weighted by atomic mass is 10.1. The third-order valence-electron chi connectivity index (χ3n) is 2.61. The van der Waals surface area contributed by atoms with Crippen LogP contribution in [0.25, 0.3) is 0 Å². The second-order valence-corrected chi connectivity index (χ2v) is 4.25. The molecule has 0 heterocycles. The molecule has 0 unspecified atom stereocenters. The molecule has 0 aliphatic carbocycles. The third kappa shape index (κ3) is 11.1. The first-order valence-corrected chi connectivity index (χ1v) is 6.79. The van der Waals surface area contributed by atoms with Crippen molar-refractivity contribution < 1.29 is 9.59 Å². The van der Waals surface area contributed by atoms with Crippen molar-refractivity contribution in [3.63, 3.8) is 0 Å². The quantitative estimate of drug-likeness (QED) is 0.503. The summed E-state index contributed by atoms with van der Waals surface area (Å²) in [5.74, 6) is 0. The Kier molecular flexibility index (Phi) is 12.5. The van der Waals surface area contributed by atoms with Crippen molar-refractivity contribution >= 4 is 12.6 Å². The van der Waals surface area contributed by atoms with E-state index in [2.05, 4.69) is 6.92 Å². The van der Waals surface area contributed by atoms with E-state index in [-0.39, 0.29) is 0 Å². The smallest absolute Gasteiger partial charge is 0.150 e. The Bertz CT molecular complexity index is 293. The Labute approximate surface area is 110 Å². The Morgan fingerprint density at radius 3 is 2.00 bits per heavy atom. The van der Waals surface area contributed by atoms with Gasteiger partial charge in [0, 0.05) is 12.0 Å². The minimum atomic E-state index is 0.729. The van der Waals surface area contributed by atoms with Gasteiger partial charge in [0.1, 0.15) is 12.6 Å². The van der Waals surface area contributed by atoms with Gasteiger partial charge in [-0.3, -0.25) is 4.79 Å². The second-order valence-electron chi connectivity index (χ2n) is 4.25. The Balaban J connectivity index is 0.000000327. The Hall–Kier alpha value is -1.44. The van der Waals surface area contributed by atoms with Crippen LogP contribution in [-0.4, -0.2) is 12.6 Å². The van der Waals surface area contributed by atoms with Gasteiger partial charge in [0.15, 0.2) is 0 Å². The van der Waals surface area contributed by atoms with Crippen LogP contribution < -0.4 is 0 Å². The largest absolute Gasteiger partial charge is 0.303 e. The molecule has 0 N–H and O–H groups in total. The van der Waals surface area contributed by atoms with Crippen molar-refractivity contribution in [1.82, 2.24) is 0 Å². The van der Waals surface area contributed by atoms with E-state index in [1.807, 2.05) is 18.2 Å². The minimum absolute atomic E-state index is 0.729. The van der Waals surface area contributed by atoms with Crippen molar-refractivity contribution in [3.05, 3.63) is 35.9 Å². The summed E-state index contributed by atoms with van der Waals surface area (Å²) in [6.07, 6.45) is 10.2. The van der Waals surface area contributed by atoms with E-state index >= 15 is 0 Å². The van der Waals surface area contributed by atoms with E-state index in [4.69, 9.17) is 0 Å². The van der Waals surface area contributed by atoms with Gasteiger partial charge in [0.25, 0.3) is 0 Å². The van der Waals surface area contributed by atoms with Crippen LogP contribution in [0.2, 0.25) is 0 Å². The molecule has 100 valence electrons. The van der Waals surface area contributed by atoms with Crippen LogP contribution in [0, 0.1) is 0 Å². The molecule has 2 heteroatoms. The molecule has 0 aliphatic rings. The summed E-state index contributed by atoms with van der Waals surface area (Å²) in [7, 11) is 0. The van der Waals surface area contributed by atoms with Crippen molar-refractivity contribution in [2.45, 2.75) is 51.9 Å². The first-order valence-electron chi connectivity index (χ1n) is 6.79. The molecule has 1 rings (SSSR count). The van der Waals surface area contributed by atoms with Gasteiger partial charge in [-0.1, -0.05) is 69.4 Å². The lowest BCUT2D eigenvalue weighted by Crippen LogP contribution is -1.79. The maximum absolute atomic E-state index is 10.0. The van der Waals surface area contributed by atoms with Gasteiger partial charge in [-0.15, -0.1) is 0 Å². The fourth-order valence-corrected chi connectivity index (χ4v) is 1.54. The summed E-state index contributed by atoms with van der Waals surface area (Å²) in [5, 5.41) is 0. The highest BCUT2D eigenvalue weighted by Crippen LogP contribution is 2.05. The number of carbonyl (C=O) groups excluding carboxylic acids is 2. The highest BCUT2D eigenvalue weighted by molar-refractivity contribution is 5.74. The molecule has 0 atom stereocenters. The number of aldehydes is 2. The predicted octanol–water partition coefficient (Wildman–Crippen LogP) is 4.44. The molecule has 0 radical (unpaired) electrons. The molecule has 0 aromatic heterocycles. The van der Waals surface area contributed by atoms with Gasteiger partial charge in [-0.25, -0.2) is 0 Å². The lowest BCUT2D eigenvalue weighted by Gasteiger charge is -1.95. The zero-order chi connectivity index (χ0) is 13.5. The van der Waals surface area contributed by atoms with E-state index in [0.717, 1.165) is 31.0 Å². The first-order chi connectivity index (χ1) is 8.85. The van der Waals surface area contributed by atoms with Gasteiger partial charge < -0.3 is 4.79 Å². The monoisotopic (exact) mass is 248 g/mol. The van der Waals surface area contributed by atoms with Crippen molar-refractivity contribution in [1.29, 1.82) is 0 Å². The van der Waals surface area contributed by atoms with E-state index in [9.17, 15) is 9.59 Å². The molecule has 0 fully saturated rings. The highest BCUT2D eigenvalue weighted by Gasteiger charge is 1.87. The third-order valence-corrected chi connectivity index (χ3v) is 2.61. The van der Waals surface area contributed by atoms with Crippen LogP contribution in [-0.2, 0) is 4.79 Å². The summed E-state index contributed by atoms with van der Waals surface area (Å²) in [5.41, 5.74) is 0.729. The molecule has 2 nitrogen and oxygen atoms in total. The maximum atomic E-state index is 10.0. The molecular weight excluding hydrogens is 224 g/mol. The van der Waals surface area contributed by atoms with E-state index in [1.165, 1.54) is 32.1 Å².